The third kappa shape index (κ3) is 5.52. The third-order valence-corrected chi connectivity index (χ3v) is 5.67. The Morgan fingerprint density at radius 2 is 1.82 bits per heavy atom. The van der Waals surface area contributed by atoms with E-state index in [1.54, 1.807) is 71.9 Å². The number of pyridine rings is 1. The van der Waals surface area contributed by atoms with Crippen molar-refractivity contribution in [1.82, 2.24) is 25.0 Å². The van der Waals surface area contributed by atoms with Crippen molar-refractivity contribution in [3.63, 3.8) is 0 Å². The fourth-order valence-corrected chi connectivity index (χ4v) is 3.71. The molecule has 188 valence electrons. The van der Waals surface area contributed by atoms with E-state index in [2.05, 4.69) is 37.0 Å². The number of H-pyrrole nitrogens is 1. The Morgan fingerprint density at radius 1 is 1.03 bits per heavy atom. The first-order valence-electron chi connectivity index (χ1n) is 11.9. The van der Waals surface area contributed by atoms with Gasteiger partial charge in [-0.3, -0.25) is 14.8 Å². The Balaban J connectivity index is 1.26. The zero-order valence-corrected chi connectivity index (χ0v) is 20.7. The molecule has 0 aliphatic rings. The number of benzene rings is 2. The molecule has 38 heavy (non-hydrogen) atoms. The lowest BCUT2D eigenvalue weighted by Gasteiger charge is -2.10. The quantitative estimate of drug-likeness (QED) is 0.241. The molecular formula is C28H24N8O2. The van der Waals surface area contributed by atoms with Gasteiger partial charge in [-0.15, -0.1) is 0 Å². The number of hydrogen-bond acceptors (Lipinski definition) is 6. The zero-order chi connectivity index (χ0) is 26.5. The summed E-state index contributed by atoms with van der Waals surface area (Å²) in [6, 6.07) is 19.5. The standard InChI is InChI=1S/C28H24N8O2/c1-18(2)36-17-26(27(35-36)20-5-3-19(14-29)4-6-20)34-28(37)33-22-7-9-23(10-8-22)38-24-11-12-30-25(13-24)21-15-31-32-16-21/h3-13,15-18H,1-2H3,(H,31,32)(H2,33,34,37). The average molecular weight is 505 g/mol. The number of carbonyl (C=O) groups is 1. The summed E-state index contributed by atoms with van der Waals surface area (Å²) in [4.78, 5) is 17.2. The van der Waals surface area contributed by atoms with Gasteiger partial charge in [0.1, 0.15) is 17.2 Å². The number of nitrogens with zero attached hydrogens (tertiary/aromatic N) is 5. The van der Waals surface area contributed by atoms with Gasteiger partial charge in [-0.25, -0.2) is 4.79 Å². The fraction of sp³-hybridized carbons (Fsp3) is 0.107. The first kappa shape index (κ1) is 24.3. The lowest BCUT2D eigenvalue weighted by atomic mass is 10.1. The number of urea groups is 1. The van der Waals surface area contributed by atoms with Crippen LogP contribution in [0.25, 0.3) is 22.5 Å². The Hall–Kier alpha value is -5.43. The predicted molar refractivity (Wildman–Crippen MR) is 144 cm³/mol. The molecule has 5 aromatic rings. The van der Waals surface area contributed by atoms with Crippen molar-refractivity contribution in [3.8, 4) is 40.1 Å². The molecule has 0 fully saturated rings. The number of nitrogens with one attached hydrogen (secondary N) is 3. The Bertz CT molecular complexity index is 1580. The maximum atomic E-state index is 12.8. The molecule has 2 aromatic carbocycles. The van der Waals surface area contributed by atoms with Gasteiger partial charge in [-0.2, -0.15) is 15.5 Å². The van der Waals surface area contributed by atoms with Gasteiger partial charge in [0, 0.05) is 47.5 Å². The second kappa shape index (κ2) is 10.7. The summed E-state index contributed by atoms with van der Waals surface area (Å²) in [6.07, 6.45) is 6.92. The second-order valence-electron chi connectivity index (χ2n) is 8.72. The highest BCUT2D eigenvalue weighted by Gasteiger charge is 2.15. The number of ether oxygens (including phenoxy) is 1. The summed E-state index contributed by atoms with van der Waals surface area (Å²) in [5.74, 6) is 1.24. The van der Waals surface area contributed by atoms with E-state index in [-0.39, 0.29) is 6.04 Å². The summed E-state index contributed by atoms with van der Waals surface area (Å²) < 4.78 is 7.73. The van der Waals surface area contributed by atoms with Crippen LogP contribution in [0.1, 0.15) is 25.5 Å². The van der Waals surface area contributed by atoms with Gasteiger partial charge in [0.05, 0.1) is 29.2 Å². The highest BCUT2D eigenvalue weighted by molar-refractivity contribution is 6.01. The molecule has 3 N–H and O–H groups in total. The van der Waals surface area contributed by atoms with Crippen molar-refractivity contribution in [3.05, 3.63) is 91.0 Å². The van der Waals surface area contributed by atoms with Gasteiger partial charge in [0.2, 0.25) is 0 Å². The zero-order valence-electron chi connectivity index (χ0n) is 20.7. The Morgan fingerprint density at radius 3 is 2.50 bits per heavy atom. The SMILES string of the molecule is CC(C)n1cc(NC(=O)Nc2ccc(Oc3ccnc(-c4cn[nH]c4)c3)cc2)c(-c2ccc(C#N)cc2)n1. The highest BCUT2D eigenvalue weighted by Crippen LogP contribution is 2.29. The highest BCUT2D eigenvalue weighted by atomic mass is 16.5. The predicted octanol–water partition coefficient (Wildman–Crippen LogP) is 6.22. The summed E-state index contributed by atoms with van der Waals surface area (Å²) >= 11 is 0. The number of anilines is 2. The van der Waals surface area contributed by atoms with Gasteiger partial charge in [0.15, 0.2) is 0 Å². The maximum absolute atomic E-state index is 12.8. The van der Waals surface area contributed by atoms with Crippen LogP contribution in [0.5, 0.6) is 11.5 Å². The van der Waals surface area contributed by atoms with E-state index < -0.39 is 6.03 Å². The van der Waals surface area contributed by atoms with E-state index in [4.69, 9.17) is 10.00 Å². The number of aromatic nitrogens is 5. The molecule has 3 aromatic heterocycles. The largest absolute Gasteiger partial charge is 0.457 e. The molecule has 0 atom stereocenters. The van der Waals surface area contributed by atoms with Crippen LogP contribution >= 0.6 is 0 Å². The topological polar surface area (TPSA) is 134 Å². The van der Waals surface area contributed by atoms with Crippen molar-refractivity contribution in [2.75, 3.05) is 10.6 Å². The van der Waals surface area contributed by atoms with Crippen LogP contribution in [0.4, 0.5) is 16.2 Å². The van der Waals surface area contributed by atoms with Crippen molar-refractivity contribution in [2.24, 2.45) is 0 Å². The molecule has 10 heteroatoms. The van der Waals surface area contributed by atoms with Crippen LogP contribution in [0, 0.1) is 11.3 Å². The smallest absolute Gasteiger partial charge is 0.323 e. The normalized spacial score (nSPS) is 10.7. The molecule has 3 heterocycles. The first-order chi connectivity index (χ1) is 18.5. The van der Waals surface area contributed by atoms with E-state index in [1.165, 1.54) is 0 Å². The minimum absolute atomic E-state index is 0.106. The average Bonchev–Trinajstić information content (AvgIpc) is 3.61. The van der Waals surface area contributed by atoms with Gasteiger partial charge in [0.25, 0.3) is 0 Å². The van der Waals surface area contributed by atoms with E-state index >= 15 is 0 Å². The minimum atomic E-state index is -0.407. The van der Waals surface area contributed by atoms with E-state index in [9.17, 15) is 4.79 Å². The number of rotatable bonds is 7. The van der Waals surface area contributed by atoms with Crippen LogP contribution < -0.4 is 15.4 Å². The van der Waals surface area contributed by atoms with Crippen LogP contribution in [-0.4, -0.2) is 31.0 Å². The second-order valence-corrected chi connectivity index (χ2v) is 8.72. The van der Waals surface area contributed by atoms with Gasteiger partial charge in [-0.05, 0) is 56.3 Å². The van der Waals surface area contributed by atoms with Gasteiger partial charge in [-0.1, -0.05) is 12.1 Å². The number of nitriles is 1. The van der Waals surface area contributed by atoms with Gasteiger partial charge >= 0.3 is 6.03 Å². The summed E-state index contributed by atoms with van der Waals surface area (Å²) in [6.45, 7) is 4.01. The van der Waals surface area contributed by atoms with E-state index in [0.29, 0.717) is 34.1 Å². The molecule has 0 spiro atoms. The van der Waals surface area contributed by atoms with Crippen molar-refractivity contribution >= 4 is 17.4 Å². The van der Waals surface area contributed by atoms with Crippen molar-refractivity contribution < 1.29 is 9.53 Å². The third-order valence-electron chi connectivity index (χ3n) is 5.67. The van der Waals surface area contributed by atoms with Crippen LogP contribution in [0.15, 0.2) is 85.5 Å². The molecule has 2 amide bonds. The lowest BCUT2D eigenvalue weighted by Crippen LogP contribution is -2.19. The first-order valence-corrected chi connectivity index (χ1v) is 11.9. The van der Waals surface area contributed by atoms with Crippen molar-refractivity contribution in [1.29, 1.82) is 5.26 Å². The molecule has 5 rings (SSSR count). The molecular weight excluding hydrogens is 480 g/mol. The summed E-state index contributed by atoms with van der Waals surface area (Å²) in [7, 11) is 0. The van der Waals surface area contributed by atoms with Crippen LogP contribution in [-0.2, 0) is 0 Å². The van der Waals surface area contributed by atoms with E-state index in [0.717, 1.165) is 16.8 Å². The van der Waals surface area contributed by atoms with E-state index in [1.807, 2.05) is 32.0 Å². The molecule has 0 saturated heterocycles. The molecule has 0 aliphatic heterocycles. The van der Waals surface area contributed by atoms with Crippen LogP contribution in [0.3, 0.4) is 0 Å². The number of hydrogen-bond donors (Lipinski definition) is 3. The molecule has 0 saturated carbocycles. The molecule has 0 unspecified atom stereocenters. The molecule has 0 bridgehead atoms. The Kier molecular flexibility index (Phi) is 6.82. The summed E-state index contributed by atoms with van der Waals surface area (Å²) in [5, 5.41) is 26.2. The number of carbonyl (C=O) groups excluding carboxylic acids is 1. The van der Waals surface area contributed by atoms with Crippen molar-refractivity contribution in [2.45, 2.75) is 19.9 Å². The fourth-order valence-electron chi connectivity index (χ4n) is 3.71. The molecule has 0 aliphatic carbocycles. The van der Waals surface area contributed by atoms with Gasteiger partial charge < -0.3 is 15.4 Å². The lowest BCUT2D eigenvalue weighted by molar-refractivity contribution is 0.262. The maximum Gasteiger partial charge on any atom is 0.323 e. The molecule has 10 nitrogen and oxygen atoms in total. The summed E-state index contributed by atoms with van der Waals surface area (Å²) in [5.41, 5.74) is 4.74. The number of aromatic amines is 1. The van der Waals surface area contributed by atoms with Crippen LogP contribution in [0.2, 0.25) is 0 Å². The monoisotopic (exact) mass is 504 g/mol. The number of amides is 2. The Labute approximate surface area is 218 Å². The minimum Gasteiger partial charge on any atom is -0.457 e. The molecule has 0 radical (unpaired) electrons.